The maximum absolute atomic E-state index is 11.9. The van der Waals surface area contributed by atoms with Gasteiger partial charge in [0.1, 0.15) is 10.6 Å². The van der Waals surface area contributed by atoms with Crippen molar-refractivity contribution in [3.8, 4) is 11.5 Å². The molecule has 0 unspecified atom stereocenters. The largest absolute Gasteiger partial charge is 0.477 e. The van der Waals surface area contributed by atoms with E-state index in [1.165, 1.54) is 23.3 Å². The SMILES string of the molecule is O=C(O)C[N+]1(c2nc(NCc3ccc4c(c3)OCO4)c3c4c(sc3n2)CCCC4)CCCCC1. The molecule has 0 radical (unpaired) electrons. The molecule has 1 saturated heterocycles. The second kappa shape index (κ2) is 8.70. The van der Waals surface area contributed by atoms with Gasteiger partial charge in [0.15, 0.2) is 18.0 Å². The van der Waals surface area contributed by atoms with Crippen LogP contribution in [0.15, 0.2) is 18.2 Å². The maximum Gasteiger partial charge on any atom is 0.359 e. The number of carbonyl (C=O) groups is 1. The summed E-state index contributed by atoms with van der Waals surface area (Å²) in [6.07, 6.45) is 7.64. The Morgan fingerprint density at radius 1 is 1.06 bits per heavy atom. The van der Waals surface area contributed by atoms with Crippen LogP contribution in [0.4, 0.5) is 11.8 Å². The van der Waals surface area contributed by atoms with Gasteiger partial charge in [0, 0.05) is 11.4 Å². The molecule has 3 aromatic rings. The quantitative estimate of drug-likeness (QED) is 0.501. The van der Waals surface area contributed by atoms with Crippen molar-refractivity contribution >= 4 is 39.3 Å². The Labute approximate surface area is 202 Å². The van der Waals surface area contributed by atoms with Gasteiger partial charge in [-0.2, -0.15) is 9.97 Å². The second-order valence-electron chi connectivity index (χ2n) is 9.51. The molecule has 0 atom stereocenters. The molecule has 0 saturated carbocycles. The smallest absolute Gasteiger partial charge is 0.359 e. The molecule has 2 N–H and O–H groups in total. The van der Waals surface area contributed by atoms with Gasteiger partial charge in [0.2, 0.25) is 6.79 Å². The van der Waals surface area contributed by atoms with E-state index in [-0.39, 0.29) is 13.3 Å². The molecule has 3 aliphatic rings. The number of rotatable bonds is 6. The van der Waals surface area contributed by atoms with Crippen molar-refractivity contribution < 1.29 is 19.4 Å². The van der Waals surface area contributed by atoms with E-state index in [2.05, 4.69) is 5.32 Å². The van der Waals surface area contributed by atoms with Gasteiger partial charge in [-0.3, -0.25) is 0 Å². The zero-order chi connectivity index (χ0) is 23.1. The molecule has 9 heteroatoms. The summed E-state index contributed by atoms with van der Waals surface area (Å²) in [5, 5.41) is 14.4. The molecule has 0 amide bonds. The van der Waals surface area contributed by atoms with E-state index < -0.39 is 5.97 Å². The lowest BCUT2D eigenvalue weighted by molar-refractivity contribution is -0.138. The molecule has 4 heterocycles. The number of hydrogen-bond acceptors (Lipinski definition) is 7. The summed E-state index contributed by atoms with van der Waals surface area (Å²) in [4.78, 5) is 24.3. The van der Waals surface area contributed by atoms with Gasteiger partial charge in [-0.05, 0) is 68.2 Å². The van der Waals surface area contributed by atoms with Crippen LogP contribution < -0.4 is 19.3 Å². The lowest BCUT2D eigenvalue weighted by Crippen LogP contribution is -2.56. The molecule has 0 bridgehead atoms. The Bertz CT molecular complexity index is 1250. The van der Waals surface area contributed by atoms with E-state index >= 15 is 0 Å². The fourth-order valence-corrected chi connectivity index (χ4v) is 6.78. The monoisotopic (exact) mass is 481 g/mol. The Balaban J connectivity index is 1.42. The summed E-state index contributed by atoms with van der Waals surface area (Å²) in [6, 6.07) is 5.97. The number of aliphatic carboxylic acids is 1. The third kappa shape index (κ3) is 3.86. The topological polar surface area (TPSA) is 93.6 Å². The number of aromatic nitrogens is 2. The van der Waals surface area contributed by atoms with Gasteiger partial charge in [-0.25, -0.2) is 9.28 Å². The molecular formula is C25H29N4O4S+. The van der Waals surface area contributed by atoms with Crippen molar-refractivity contribution in [1.29, 1.82) is 0 Å². The van der Waals surface area contributed by atoms with Crippen LogP contribution in [0.3, 0.4) is 0 Å². The number of nitrogens with zero attached hydrogens (tertiary/aromatic N) is 3. The minimum absolute atomic E-state index is 0.0260. The number of benzene rings is 1. The van der Waals surface area contributed by atoms with E-state index in [1.54, 1.807) is 11.3 Å². The number of nitrogens with one attached hydrogen (secondary N) is 1. The number of carboxylic acids is 1. The molecule has 2 aliphatic heterocycles. The van der Waals surface area contributed by atoms with E-state index in [0.717, 1.165) is 78.3 Å². The van der Waals surface area contributed by atoms with Crippen LogP contribution in [-0.4, -0.2) is 47.5 Å². The normalized spacial score (nSPS) is 18.6. The predicted octanol–water partition coefficient (Wildman–Crippen LogP) is 4.49. The fraction of sp³-hybridized carbons (Fsp3) is 0.480. The third-order valence-electron chi connectivity index (χ3n) is 7.23. The first-order chi connectivity index (χ1) is 16.6. The molecule has 1 aromatic carbocycles. The van der Waals surface area contributed by atoms with Crippen molar-refractivity contribution in [3.05, 3.63) is 34.2 Å². The Morgan fingerprint density at radius 3 is 2.74 bits per heavy atom. The highest BCUT2D eigenvalue weighted by atomic mass is 32.1. The van der Waals surface area contributed by atoms with E-state index in [4.69, 9.17) is 19.4 Å². The predicted molar refractivity (Wildman–Crippen MR) is 132 cm³/mol. The number of fused-ring (bicyclic) bond motifs is 4. The summed E-state index contributed by atoms with van der Waals surface area (Å²) in [7, 11) is 0. The number of ether oxygens (including phenoxy) is 2. The lowest BCUT2D eigenvalue weighted by Gasteiger charge is -2.37. The Morgan fingerprint density at radius 2 is 1.88 bits per heavy atom. The molecule has 1 fully saturated rings. The van der Waals surface area contributed by atoms with Crippen molar-refractivity contribution in [2.24, 2.45) is 0 Å². The van der Waals surface area contributed by atoms with Gasteiger partial charge >= 0.3 is 11.9 Å². The number of quaternary nitrogens is 1. The fourth-order valence-electron chi connectivity index (χ4n) is 5.53. The van der Waals surface area contributed by atoms with Crippen LogP contribution in [0.5, 0.6) is 11.5 Å². The van der Waals surface area contributed by atoms with Gasteiger partial charge in [-0.1, -0.05) is 6.07 Å². The van der Waals surface area contributed by atoms with Gasteiger partial charge < -0.3 is 19.9 Å². The highest BCUT2D eigenvalue weighted by Gasteiger charge is 2.39. The number of anilines is 1. The van der Waals surface area contributed by atoms with Crippen LogP contribution in [-0.2, 0) is 24.2 Å². The van der Waals surface area contributed by atoms with E-state index in [0.29, 0.717) is 17.0 Å². The van der Waals surface area contributed by atoms with Crippen molar-refractivity contribution in [3.63, 3.8) is 0 Å². The zero-order valence-corrected chi connectivity index (χ0v) is 20.0. The average molecular weight is 482 g/mol. The molecule has 0 spiro atoms. The molecule has 2 aromatic heterocycles. The maximum atomic E-state index is 11.9. The van der Waals surface area contributed by atoms with Crippen LogP contribution in [0.2, 0.25) is 0 Å². The summed E-state index contributed by atoms with van der Waals surface area (Å²) in [5.41, 5.74) is 2.45. The summed E-state index contributed by atoms with van der Waals surface area (Å²) < 4.78 is 11.3. The average Bonchev–Trinajstić information content (AvgIpc) is 3.46. The van der Waals surface area contributed by atoms with Crippen LogP contribution >= 0.6 is 11.3 Å². The summed E-state index contributed by atoms with van der Waals surface area (Å²) in [6.45, 7) is 2.41. The first kappa shape index (κ1) is 21.6. The van der Waals surface area contributed by atoms with Crippen molar-refractivity contribution in [2.75, 3.05) is 31.7 Å². The van der Waals surface area contributed by atoms with Gasteiger partial charge in [0.25, 0.3) is 0 Å². The van der Waals surface area contributed by atoms with Gasteiger partial charge in [0.05, 0.1) is 18.5 Å². The van der Waals surface area contributed by atoms with E-state index in [9.17, 15) is 9.90 Å². The molecule has 8 nitrogen and oxygen atoms in total. The third-order valence-corrected chi connectivity index (χ3v) is 8.42. The highest BCUT2D eigenvalue weighted by Crippen LogP contribution is 2.41. The number of thiophene rings is 1. The number of piperidine rings is 1. The standard InChI is InChI=1S/C25H28N4O4S/c30-21(31)14-29(10-4-1-5-11-29)25-27-23(22-17-6-2-3-7-20(17)34-24(22)28-25)26-13-16-8-9-18-19(12-16)33-15-32-18/h8-9,12H,1-7,10-11,13-15H2,(H-,26,27,28,30,31)/p+1. The number of carboxylic acid groups (broad SMARTS) is 1. The second-order valence-corrected chi connectivity index (χ2v) is 10.6. The van der Waals surface area contributed by atoms with Crippen LogP contribution in [0.25, 0.3) is 10.2 Å². The summed E-state index contributed by atoms with van der Waals surface area (Å²) >= 11 is 1.76. The molecule has 6 rings (SSSR count). The van der Waals surface area contributed by atoms with Gasteiger partial charge in [-0.15, -0.1) is 11.3 Å². The van der Waals surface area contributed by atoms with Crippen molar-refractivity contribution in [1.82, 2.24) is 14.5 Å². The van der Waals surface area contributed by atoms with Crippen LogP contribution in [0.1, 0.15) is 48.1 Å². The molecule has 34 heavy (non-hydrogen) atoms. The first-order valence-electron chi connectivity index (χ1n) is 12.1. The number of hydrogen-bond donors (Lipinski definition) is 2. The first-order valence-corrected chi connectivity index (χ1v) is 13.0. The van der Waals surface area contributed by atoms with E-state index in [1.807, 2.05) is 18.2 Å². The summed E-state index contributed by atoms with van der Waals surface area (Å²) in [5.74, 6) is 2.20. The number of aryl methyl sites for hydroxylation is 2. The molecular weight excluding hydrogens is 452 g/mol. The lowest BCUT2D eigenvalue weighted by atomic mass is 9.97. The Kier molecular flexibility index (Phi) is 5.53. The minimum atomic E-state index is -0.800. The molecule has 1 aliphatic carbocycles. The molecule has 178 valence electrons. The Hall–Kier alpha value is -2.91. The van der Waals surface area contributed by atoms with Crippen LogP contribution in [0, 0.1) is 0 Å². The highest BCUT2D eigenvalue weighted by molar-refractivity contribution is 7.19. The number of likely N-dealkylation sites (tertiary alicyclic amines) is 1. The van der Waals surface area contributed by atoms with Crippen molar-refractivity contribution in [2.45, 2.75) is 51.5 Å². The zero-order valence-electron chi connectivity index (χ0n) is 19.1. The minimum Gasteiger partial charge on any atom is -0.477 e.